The van der Waals surface area contributed by atoms with Crippen LogP contribution in [-0.2, 0) is 0 Å². The fourth-order valence-corrected chi connectivity index (χ4v) is 3.50. The van der Waals surface area contributed by atoms with E-state index in [1.54, 1.807) is 0 Å². The van der Waals surface area contributed by atoms with Crippen LogP contribution < -0.4 is 10.6 Å². The van der Waals surface area contributed by atoms with Gasteiger partial charge in [-0.2, -0.15) is 0 Å². The van der Waals surface area contributed by atoms with Gasteiger partial charge in [-0.05, 0) is 49.7 Å². The minimum absolute atomic E-state index is 0.630. The summed E-state index contributed by atoms with van der Waals surface area (Å²) < 4.78 is 0. The molecule has 18 heavy (non-hydrogen) atoms. The van der Waals surface area contributed by atoms with Crippen LogP contribution in [0.1, 0.15) is 64.7 Å². The van der Waals surface area contributed by atoms with Gasteiger partial charge in [0.1, 0.15) is 0 Å². The van der Waals surface area contributed by atoms with Gasteiger partial charge in [-0.3, -0.25) is 0 Å². The number of hydrogen-bond acceptors (Lipinski definition) is 1. The molecule has 0 amide bonds. The zero-order valence-corrected chi connectivity index (χ0v) is 12.5. The first-order valence-corrected chi connectivity index (χ1v) is 8.19. The van der Waals surface area contributed by atoms with Crippen molar-refractivity contribution in [3.63, 3.8) is 0 Å². The van der Waals surface area contributed by atoms with E-state index < -0.39 is 0 Å². The lowest BCUT2D eigenvalue weighted by molar-refractivity contribution is 0.289. The van der Waals surface area contributed by atoms with E-state index in [9.17, 15) is 0 Å². The molecule has 0 aliphatic heterocycles. The minimum atomic E-state index is 0.630. The fourth-order valence-electron chi connectivity index (χ4n) is 3.25. The van der Waals surface area contributed by atoms with Crippen molar-refractivity contribution in [2.45, 2.75) is 70.8 Å². The second kappa shape index (κ2) is 7.32. The highest BCUT2D eigenvalue weighted by Crippen LogP contribution is 2.27. The molecule has 3 heteroatoms. The Kier molecular flexibility index (Phi) is 5.74. The van der Waals surface area contributed by atoms with Crippen LogP contribution in [0, 0.1) is 11.8 Å². The van der Waals surface area contributed by atoms with Crippen molar-refractivity contribution in [1.29, 1.82) is 0 Å². The van der Waals surface area contributed by atoms with Crippen molar-refractivity contribution in [3.8, 4) is 0 Å². The Labute approximate surface area is 117 Å². The molecule has 2 nitrogen and oxygen atoms in total. The molecular weight excluding hydrogens is 240 g/mol. The lowest BCUT2D eigenvalue weighted by atomic mass is 9.83. The maximum absolute atomic E-state index is 5.40. The van der Waals surface area contributed by atoms with Gasteiger partial charge in [0.2, 0.25) is 0 Å². The van der Waals surface area contributed by atoms with Crippen molar-refractivity contribution in [2.75, 3.05) is 6.54 Å². The molecule has 0 aromatic rings. The first-order chi connectivity index (χ1) is 8.74. The summed E-state index contributed by atoms with van der Waals surface area (Å²) in [5.74, 6) is 1.78. The average molecular weight is 268 g/mol. The fraction of sp³-hybridized carbons (Fsp3) is 0.933. The third-order valence-corrected chi connectivity index (χ3v) is 4.89. The zero-order chi connectivity index (χ0) is 12.8. The van der Waals surface area contributed by atoms with Gasteiger partial charge in [0.25, 0.3) is 0 Å². The number of nitrogens with one attached hydrogen (secondary N) is 2. The Morgan fingerprint density at radius 3 is 2.33 bits per heavy atom. The molecule has 0 aromatic carbocycles. The van der Waals surface area contributed by atoms with Crippen LogP contribution in [0.3, 0.4) is 0 Å². The second-order valence-electron chi connectivity index (χ2n) is 6.32. The predicted molar refractivity (Wildman–Crippen MR) is 81.7 cm³/mol. The number of rotatable bonds is 3. The van der Waals surface area contributed by atoms with Crippen LogP contribution in [-0.4, -0.2) is 17.7 Å². The van der Waals surface area contributed by atoms with E-state index in [1.807, 2.05) is 0 Å². The van der Waals surface area contributed by atoms with Crippen molar-refractivity contribution in [2.24, 2.45) is 11.8 Å². The first kappa shape index (κ1) is 14.1. The quantitative estimate of drug-likeness (QED) is 0.765. The molecule has 0 saturated heterocycles. The number of thiocarbonyl (C=S) groups is 1. The molecule has 2 aliphatic rings. The van der Waals surface area contributed by atoms with E-state index in [-0.39, 0.29) is 0 Å². The van der Waals surface area contributed by atoms with E-state index in [1.165, 1.54) is 57.8 Å². The average Bonchev–Trinajstić information content (AvgIpc) is 2.39. The standard InChI is InChI=1S/C15H28N2S/c1-12-7-9-13(10-8-12)11-16-15(18)17-14-5-3-2-4-6-14/h12-14H,2-11H2,1H3,(H2,16,17,18). The van der Waals surface area contributed by atoms with Gasteiger partial charge in [0.15, 0.2) is 5.11 Å². The SMILES string of the molecule is CC1CCC(CNC(=S)NC2CCCCC2)CC1. The monoisotopic (exact) mass is 268 g/mol. The van der Waals surface area contributed by atoms with Gasteiger partial charge in [-0.15, -0.1) is 0 Å². The van der Waals surface area contributed by atoms with Crippen LogP contribution in [0.15, 0.2) is 0 Å². The molecule has 104 valence electrons. The molecule has 2 aliphatic carbocycles. The molecule has 0 unspecified atom stereocenters. The summed E-state index contributed by atoms with van der Waals surface area (Å²) in [7, 11) is 0. The molecule has 0 bridgehead atoms. The third-order valence-electron chi connectivity index (χ3n) is 4.63. The molecule has 2 N–H and O–H groups in total. The molecule has 0 aromatic heterocycles. The summed E-state index contributed by atoms with van der Waals surface area (Å²) >= 11 is 5.40. The predicted octanol–water partition coefficient (Wildman–Crippen LogP) is 3.61. The first-order valence-electron chi connectivity index (χ1n) is 7.78. The summed E-state index contributed by atoms with van der Waals surface area (Å²) in [6.45, 7) is 3.45. The molecule has 0 radical (unpaired) electrons. The molecule has 0 atom stereocenters. The molecule has 0 spiro atoms. The van der Waals surface area contributed by atoms with Crippen LogP contribution in [0.2, 0.25) is 0 Å². The maximum Gasteiger partial charge on any atom is 0.166 e. The Morgan fingerprint density at radius 2 is 1.67 bits per heavy atom. The van der Waals surface area contributed by atoms with Crippen molar-refractivity contribution < 1.29 is 0 Å². The van der Waals surface area contributed by atoms with Gasteiger partial charge in [-0.1, -0.05) is 39.0 Å². The Balaban J connectivity index is 1.59. The highest BCUT2D eigenvalue weighted by molar-refractivity contribution is 7.80. The van der Waals surface area contributed by atoms with E-state index in [0.717, 1.165) is 23.5 Å². The molecule has 2 saturated carbocycles. The summed E-state index contributed by atoms with van der Waals surface area (Å²) in [6.07, 6.45) is 12.3. The summed E-state index contributed by atoms with van der Waals surface area (Å²) in [5, 5.41) is 7.81. The van der Waals surface area contributed by atoms with Crippen LogP contribution in [0.4, 0.5) is 0 Å². The topological polar surface area (TPSA) is 24.1 Å². The van der Waals surface area contributed by atoms with Crippen LogP contribution in [0.25, 0.3) is 0 Å². The van der Waals surface area contributed by atoms with Gasteiger partial charge < -0.3 is 10.6 Å². The largest absolute Gasteiger partial charge is 0.362 e. The van der Waals surface area contributed by atoms with Crippen molar-refractivity contribution in [3.05, 3.63) is 0 Å². The van der Waals surface area contributed by atoms with E-state index in [0.29, 0.717) is 6.04 Å². The highest BCUT2D eigenvalue weighted by atomic mass is 32.1. The Morgan fingerprint density at radius 1 is 1.00 bits per heavy atom. The highest BCUT2D eigenvalue weighted by Gasteiger charge is 2.19. The van der Waals surface area contributed by atoms with Crippen LogP contribution >= 0.6 is 12.2 Å². The van der Waals surface area contributed by atoms with Crippen LogP contribution in [0.5, 0.6) is 0 Å². The van der Waals surface area contributed by atoms with Crippen molar-refractivity contribution in [1.82, 2.24) is 10.6 Å². The van der Waals surface area contributed by atoms with E-state index in [4.69, 9.17) is 12.2 Å². The molecule has 2 fully saturated rings. The summed E-state index contributed by atoms with van der Waals surface area (Å²) in [6, 6.07) is 0.630. The minimum Gasteiger partial charge on any atom is -0.362 e. The third kappa shape index (κ3) is 4.75. The molecule has 2 rings (SSSR count). The van der Waals surface area contributed by atoms with Gasteiger partial charge in [-0.25, -0.2) is 0 Å². The lowest BCUT2D eigenvalue weighted by Crippen LogP contribution is -2.44. The Bertz CT molecular complexity index is 253. The van der Waals surface area contributed by atoms with Gasteiger partial charge in [0, 0.05) is 12.6 Å². The normalized spacial score (nSPS) is 29.8. The maximum atomic E-state index is 5.40. The van der Waals surface area contributed by atoms with E-state index >= 15 is 0 Å². The second-order valence-corrected chi connectivity index (χ2v) is 6.72. The van der Waals surface area contributed by atoms with Gasteiger partial charge >= 0.3 is 0 Å². The van der Waals surface area contributed by atoms with E-state index in [2.05, 4.69) is 17.6 Å². The van der Waals surface area contributed by atoms with Crippen molar-refractivity contribution >= 4 is 17.3 Å². The smallest absolute Gasteiger partial charge is 0.166 e. The Hall–Kier alpha value is -0.310. The van der Waals surface area contributed by atoms with Gasteiger partial charge in [0.05, 0.1) is 0 Å². The summed E-state index contributed by atoms with van der Waals surface area (Å²) in [4.78, 5) is 0. The molecule has 0 heterocycles. The lowest BCUT2D eigenvalue weighted by Gasteiger charge is -2.28. The zero-order valence-electron chi connectivity index (χ0n) is 11.7. The summed E-state index contributed by atoms with van der Waals surface area (Å²) in [5.41, 5.74) is 0. The number of hydrogen-bond donors (Lipinski definition) is 2. The molecular formula is C15H28N2S.